The number of fused-ring (bicyclic) bond motifs is 1. The summed E-state index contributed by atoms with van der Waals surface area (Å²) in [5, 5.41) is 6.42. The van der Waals surface area contributed by atoms with Gasteiger partial charge in [-0.25, -0.2) is 0 Å². The molecule has 29 heavy (non-hydrogen) atoms. The van der Waals surface area contributed by atoms with Gasteiger partial charge in [-0.1, -0.05) is 115 Å². The van der Waals surface area contributed by atoms with Crippen molar-refractivity contribution in [2.24, 2.45) is 0 Å². The third kappa shape index (κ3) is 3.44. The second-order valence-electron chi connectivity index (χ2n) is 7.09. The van der Waals surface area contributed by atoms with Gasteiger partial charge in [-0.15, -0.1) is 11.6 Å². The Balaban J connectivity index is 1.78. The van der Waals surface area contributed by atoms with E-state index in [1.165, 1.54) is 37.8 Å². The molecular weight excluding hydrogens is 391 g/mol. The first-order valence-electron chi connectivity index (χ1n) is 9.78. The van der Waals surface area contributed by atoms with Crippen LogP contribution in [0.15, 0.2) is 121 Å². The molecule has 5 rings (SSSR count). The van der Waals surface area contributed by atoms with Gasteiger partial charge in [-0.2, -0.15) is 0 Å². The highest BCUT2D eigenvalue weighted by atomic mass is 35.5. The first-order chi connectivity index (χ1) is 14.3. The summed E-state index contributed by atoms with van der Waals surface area (Å²) in [4.78, 5) is 0. The predicted molar refractivity (Wildman–Crippen MR) is 129 cm³/mol. The molecule has 0 fully saturated rings. The lowest BCUT2D eigenvalue weighted by atomic mass is 9.97. The van der Waals surface area contributed by atoms with Gasteiger partial charge in [0, 0.05) is 0 Å². The highest BCUT2D eigenvalue weighted by molar-refractivity contribution is 7.77. The number of hydrogen-bond acceptors (Lipinski definition) is 0. The molecule has 0 amide bonds. The minimum Gasteiger partial charge on any atom is -0.113 e. The number of hydrogen-bond donors (Lipinski definition) is 0. The van der Waals surface area contributed by atoms with Gasteiger partial charge >= 0.3 is 0 Å². The van der Waals surface area contributed by atoms with Crippen molar-refractivity contribution in [1.29, 1.82) is 0 Å². The Morgan fingerprint density at radius 3 is 1.90 bits per heavy atom. The lowest BCUT2D eigenvalue weighted by Gasteiger charge is -2.23. The van der Waals surface area contributed by atoms with Crippen molar-refractivity contribution >= 4 is 46.5 Å². The lowest BCUT2D eigenvalue weighted by Crippen LogP contribution is -2.13. The van der Waals surface area contributed by atoms with Gasteiger partial charge < -0.3 is 0 Å². The maximum atomic E-state index is 6.89. The molecule has 1 aliphatic rings. The van der Waals surface area contributed by atoms with Crippen LogP contribution in [-0.2, 0) is 0 Å². The fourth-order valence-corrected chi connectivity index (χ4v) is 6.94. The van der Waals surface area contributed by atoms with Crippen molar-refractivity contribution in [3.8, 4) is 0 Å². The van der Waals surface area contributed by atoms with Gasteiger partial charge in [0.1, 0.15) is 0 Å². The number of rotatable bonds is 4. The average Bonchev–Trinajstić information content (AvgIpc) is 3.16. The lowest BCUT2D eigenvalue weighted by molar-refractivity contribution is 1.45. The van der Waals surface area contributed by atoms with E-state index in [1.54, 1.807) is 0 Å². The molecule has 1 atom stereocenters. The van der Waals surface area contributed by atoms with Crippen LogP contribution in [0.1, 0.15) is 5.56 Å². The van der Waals surface area contributed by atoms with Crippen molar-refractivity contribution in [2.75, 3.05) is 0 Å². The zero-order chi connectivity index (χ0) is 19.6. The molecule has 0 N–H and O–H groups in total. The number of benzene rings is 4. The van der Waals surface area contributed by atoms with Crippen LogP contribution in [-0.4, -0.2) is 5.38 Å². The summed E-state index contributed by atoms with van der Waals surface area (Å²) in [6.45, 7) is 0. The van der Waals surface area contributed by atoms with Crippen molar-refractivity contribution in [3.63, 3.8) is 0 Å². The quantitative estimate of drug-likeness (QED) is 0.254. The molecule has 4 aromatic rings. The van der Waals surface area contributed by atoms with Gasteiger partial charge in [-0.3, -0.25) is 0 Å². The third-order valence-corrected chi connectivity index (χ3v) is 8.19. The van der Waals surface area contributed by atoms with Gasteiger partial charge in [0.05, 0.1) is 5.38 Å². The highest BCUT2D eigenvalue weighted by Gasteiger charge is 2.28. The molecule has 2 heteroatoms. The highest BCUT2D eigenvalue weighted by Crippen LogP contribution is 2.52. The Hall–Kier alpha value is -2.66. The number of allylic oxidation sites excluding steroid dienone is 4. The maximum absolute atomic E-state index is 6.89. The minimum absolute atomic E-state index is 0.117. The zero-order valence-electron chi connectivity index (χ0n) is 15.9. The van der Waals surface area contributed by atoms with Crippen molar-refractivity contribution in [3.05, 3.63) is 126 Å². The van der Waals surface area contributed by atoms with Crippen LogP contribution in [0.4, 0.5) is 0 Å². The summed E-state index contributed by atoms with van der Waals surface area (Å²) in [5.41, 5.74) is 2.48. The summed E-state index contributed by atoms with van der Waals surface area (Å²) < 4.78 is 0. The van der Waals surface area contributed by atoms with Crippen LogP contribution >= 0.6 is 19.5 Å². The van der Waals surface area contributed by atoms with E-state index in [4.69, 9.17) is 11.6 Å². The van der Waals surface area contributed by atoms with E-state index in [0.29, 0.717) is 0 Å². The second kappa shape index (κ2) is 7.99. The maximum Gasteiger partial charge on any atom is 0.0781 e. The van der Waals surface area contributed by atoms with Crippen LogP contribution in [0.2, 0.25) is 0 Å². The first-order valence-corrected chi connectivity index (χ1v) is 11.6. The van der Waals surface area contributed by atoms with Gasteiger partial charge in [-0.05, 0) is 45.8 Å². The number of alkyl halides is 1. The SMILES string of the molecule is ClC1C=CC(P(c2ccccc2)c2ccccc2)=C1c1cccc2ccccc12. The first kappa shape index (κ1) is 18.4. The summed E-state index contributed by atoms with van der Waals surface area (Å²) in [6.07, 6.45) is 4.38. The molecule has 0 heterocycles. The normalized spacial score (nSPS) is 16.1. The molecule has 0 bridgehead atoms. The Labute approximate surface area is 177 Å². The monoisotopic (exact) mass is 410 g/mol. The van der Waals surface area contributed by atoms with Crippen molar-refractivity contribution in [2.45, 2.75) is 5.38 Å². The van der Waals surface area contributed by atoms with Crippen molar-refractivity contribution in [1.82, 2.24) is 0 Å². The van der Waals surface area contributed by atoms with Crippen LogP contribution in [0, 0.1) is 0 Å². The molecule has 1 unspecified atom stereocenters. The fraction of sp³-hybridized carbons (Fsp3) is 0.0370. The Bertz CT molecular complexity index is 1160. The topological polar surface area (TPSA) is 0 Å². The van der Waals surface area contributed by atoms with Gasteiger partial charge in [0.2, 0.25) is 0 Å². The molecule has 0 saturated carbocycles. The van der Waals surface area contributed by atoms with Crippen LogP contribution in [0.3, 0.4) is 0 Å². The molecule has 140 valence electrons. The third-order valence-electron chi connectivity index (χ3n) is 5.32. The van der Waals surface area contributed by atoms with Crippen LogP contribution < -0.4 is 10.6 Å². The minimum atomic E-state index is -0.689. The summed E-state index contributed by atoms with van der Waals surface area (Å²) in [5.74, 6) is 0. The summed E-state index contributed by atoms with van der Waals surface area (Å²) in [6, 6.07) is 36.7. The largest absolute Gasteiger partial charge is 0.113 e. The predicted octanol–water partition coefficient (Wildman–Crippen LogP) is 6.86. The van der Waals surface area contributed by atoms with Crippen LogP contribution in [0.5, 0.6) is 0 Å². The van der Waals surface area contributed by atoms with E-state index in [1.807, 2.05) is 0 Å². The smallest absolute Gasteiger partial charge is 0.0781 e. The molecule has 0 aliphatic heterocycles. The Morgan fingerprint density at radius 2 is 1.21 bits per heavy atom. The van der Waals surface area contributed by atoms with Gasteiger partial charge in [0.25, 0.3) is 0 Å². The molecule has 0 nitrogen and oxygen atoms in total. The zero-order valence-corrected chi connectivity index (χ0v) is 17.5. The summed E-state index contributed by atoms with van der Waals surface area (Å²) >= 11 is 6.89. The summed E-state index contributed by atoms with van der Waals surface area (Å²) in [7, 11) is -0.689. The van der Waals surface area contributed by atoms with E-state index in [2.05, 4.69) is 115 Å². The van der Waals surface area contributed by atoms with Crippen LogP contribution in [0.25, 0.3) is 16.3 Å². The molecule has 0 saturated heterocycles. The molecule has 0 radical (unpaired) electrons. The molecule has 0 aromatic heterocycles. The second-order valence-corrected chi connectivity index (χ2v) is 9.75. The molecular formula is C27H20ClP. The van der Waals surface area contributed by atoms with E-state index < -0.39 is 7.92 Å². The van der Waals surface area contributed by atoms with E-state index in [-0.39, 0.29) is 5.38 Å². The number of halogens is 1. The standard InChI is InChI=1S/C27H20ClP/c28-25-18-19-26(27(25)24-17-9-11-20-10-7-8-16-23(20)24)29(21-12-3-1-4-13-21)22-14-5-2-6-15-22/h1-19,25H. The van der Waals surface area contributed by atoms with E-state index in [0.717, 1.165) is 0 Å². The molecule has 4 aromatic carbocycles. The Kier molecular flexibility index (Phi) is 5.06. The average molecular weight is 411 g/mol. The van der Waals surface area contributed by atoms with E-state index >= 15 is 0 Å². The van der Waals surface area contributed by atoms with Crippen molar-refractivity contribution < 1.29 is 0 Å². The van der Waals surface area contributed by atoms with E-state index in [9.17, 15) is 0 Å². The molecule has 0 spiro atoms. The molecule has 1 aliphatic carbocycles. The van der Waals surface area contributed by atoms with Gasteiger partial charge in [0.15, 0.2) is 0 Å². The fourth-order valence-electron chi connectivity index (χ4n) is 4.03. The Morgan fingerprint density at radius 1 is 0.621 bits per heavy atom.